The Balaban J connectivity index is 1.60. The lowest BCUT2D eigenvalue weighted by atomic mass is 10.0. The summed E-state index contributed by atoms with van der Waals surface area (Å²) in [6.07, 6.45) is 2.37. The highest BCUT2D eigenvalue weighted by Crippen LogP contribution is 2.22. The second-order valence-electron chi connectivity index (χ2n) is 6.68. The van der Waals surface area contributed by atoms with Crippen LogP contribution >= 0.6 is 11.6 Å². The normalized spacial score (nSPS) is 17.0. The van der Waals surface area contributed by atoms with E-state index < -0.39 is 0 Å². The zero-order valence-electron chi connectivity index (χ0n) is 15.0. The zero-order chi connectivity index (χ0) is 18.5. The van der Waals surface area contributed by atoms with E-state index in [1.54, 1.807) is 30.3 Å². The average Bonchev–Trinajstić information content (AvgIpc) is 2.61. The number of benzene rings is 1. The van der Waals surface area contributed by atoms with Crippen molar-refractivity contribution in [2.75, 3.05) is 29.9 Å². The molecule has 26 heavy (non-hydrogen) atoms. The molecular weight excluding hydrogens is 352 g/mol. The minimum atomic E-state index is -0.253. The van der Waals surface area contributed by atoms with Crippen molar-refractivity contribution >= 4 is 29.1 Å². The number of nitrogens with one attached hydrogen (secondary N) is 1. The number of halogens is 1. The first kappa shape index (κ1) is 18.5. The molecular formula is C19H23ClN4O2. The van der Waals surface area contributed by atoms with Crippen LogP contribution in [0.5, 0.6) is 5.88 Å². The van der Waals surface area contributed by atoms with Gasteiger partial charge in [0.15, 0.2) is 6.61 Å². The SMILES string of the molecule is Cc1cc(OCC(=O)Nc2ccc(Cl)cc2)nc(N2CCCC(C)C2)n1. The van der Waals surface area contributed by atoms with Crippen LogP contribution in [0.1, 0.15) is 25.5 Å². The molecule has 7 heteroatoms. The van der Waals surface area contributed by atoms with E-state index in [2.05, 4.69) is 27.1 Å². The van der Waals surface area contributed by atoms with Gasteiger partial charge in [0.1, 0.15) is 0 Å². The Morgan fingerprint density at radius 2 is 2.12 bits per heavy atom. The number of carbonyl (C=O) groups is 1. The maximum atomic E-state index is 12.1. The van der Waals surface area contributed by atoms with Crippen LogP contribution in [0.25, 0.3) is 0 Å². The van der Waals surface area contributed by atoms with Crippen LogP contribution in [0.4, 0.5) is 11.6 Å². The number of amides is 1. The monoisotopic (exact) mass is 374 g/mol. The molecule has 1 amide bonds. The highest BCUT2D eigenvalue weighted by atomic mass is 35.5. The van der Waals surface area contributed by atoms with Crippen LogP contribution in [-0.4, -0.2) is 35.6 Å². The lowest BCUT2D eigenvalue weighted by Crippen LogP contribution is -2.35. The van der Waals surface area contributed by atoms with Crippen LogP contribution in [0.3, 0.4) is 0 Å². The molecule has 138 valence electrons. The molecule has 0 aliphatic carbocycles. The number of aromatic nitrogens is 2. The number of aryl methyl sites for hydroxylation is 1. The van der Waals surface area contributed by atoms with Crippen molar-refractivity contribution in [3.8, 4) is 5.88 Å². The first-order valence-electron chi connectivity index (χ1n) is 8.78. The Morgan fingerprint density at radius 3 is 2.85 bits per heavy atom. The highest BCUT2D eigenvalue weighted by Gasteiger charge is 2.19. The van der Waals surface area contributed by atoms with Gasteiger partial charge in [0.2, 0.25) is 11.8 Å². The lowest BCUT2D eigenvalue weighted by molar-refractivity contribution is -0.118. The Hall–Kier alpha value is -2.34. The summed E-state index contributed by atoms with van der Waals surface area (Å²) >= 11 is 5.84. The molecule has 6 nitrogen and oxygen atoms in total. The van der Waals surface area contributed by atoms with E-state index in [-0.39, 0.29) is 12.5 Å². The molecule has 1 aromatic carbocycles. The van der Waals surface area contributed by atoms with Gasteiger partial charge in [0, 0.05) is 35.6 Å². The van der Waals surface area contributed by atoms with Crippen molar-refractivity contribution < 1.29 is 9.53 Å². The molecule has 1 aliphatic heterocycles. The molecule has 0 spiro atoms. The molecule has 1 aromatic heterocycles. The van der Waals surface area contributed by atoms with Crippen molar-refractivity contribution in [2.45, 2.75) is 26.7 Å². The fraction of sp³-hybridized carbons (Fsp3) is 0.421. The third kappa shape index (κ3) is 5.08. The average molecular weight is 375 g/mol. The van der Waals surface area contributed by atoms with E-state index in [0.717, 1.165) is 25.2 Å². The standard InChI is InChI=1S/C19H23ClN4O2/c1-13-4-3-9-24(11-13)19-21-14(2)10-18(23-19)26-12-17(25)22-16-7-5-15(20)6-8-16/h5-8,10,13H,3-4,9,11-12H2,1-2H3,(H,22,25). The minimum absolute atomic E-state index is 0.116. The minimum Gasteiger partial charge on any atom is -0.467 e. The second-order valence-corrected chi connectivity index (χ2v) is 7.12. The van der Waals surface area contributed by atoms with E-state index in [1.807, 2.05) is 6.92 Å². The van der Waals surface area contributed by atoms with Crippen molar-refractivity contribution in [3.63, 3.8) is 0 Å². The van der Waals surface area contributed by atoms with Crippen molar-refractivity contribution in [2.24, 2.45) is 5.92 Å². The molecule has 1 aliphatic rings. The van der Waals surface area contributed by atoms with Crippen LogP contribution in [0.2, 0.25) is 5.02 Å². The van der Waals surface area contributed by atoms with Gasteiger partial charge in [0.25, 0.3) is 5.91 Å². The molecule has 1 atom stereocenters. The summed E-state index contributed by atoms with van der Waals surface area (Å²) in [5, 5.41) is 3.38. The predicted octanol–water partition coefficient (Wildman–Crippen LogP) is 3.69. The van der Waals surface area contributed by atoms with Gasteiger partial charge in [-0.1, -0.05) is 18.5 Å². The number of hydrogen-bond donors (Lipinski definition) is 1. The van der Waals surface area contributed by atoms with Gasteiger partial charge >= 0.3 is 0 Å². The summed E-state index contributed by atoms with van der Waals surface area (Å²) in [5.41, 5.74) is 1.49. The molecule has 0 bridgehead atoms. The van der Waals surface area contributed by atoms with Crippen LogP contribution in [-0.2, 0) is 4.79 Å². The molecule has 3 rings (SSSR count). The third-order valence-electron chi connectivity index (χ3n) is 4.24. The van der Waals surface area contributed by atoms with Gasteiger partial charge < -0.3 is 15.0 Å². The van der Waals surface area contributed by atoms with E-state index in [4.69, 9.17) is 16.3 Å². The molecule has 2 aromatic rings. The number of anilines is 2. The Labute approximate surface area is 158 Å². The fourth-order valence-corrected chi connectivity index (χ4v) is 3.11. The number of carbonyl (C=O) groups excluding carboxylic acids is 1. The first-order valence-corrected chi connectivity index (χ1v) is 9.16. The van der Waals surface area contributed by atoms with Gasteiger partial charge in [-0.2, -0.15) is 4.98 Å². The number of rotatable bonds is 5. The summed E-state index contributed by atoms with van der Waals surface area (Å²) in [6, 6.07) is 8.66. The predicted molar refractivity (Wildman–Crippen MR) is 103 cm³/mol. The summed E-state index contributed by atoms with van der Waals surface area (Å²) in [5.74, 6) is 1.46. The molecule has 0 saturated carbocycles. The number of piperidine rings is 1. The number of ether oxygens (including phenoxy) is 1. The first-order chi connectivity index (χ1) is 12.5. The number of hydrogen-bond acceptors (Lipinski definition) is 5. The third-order valence-corrected chi connectivity index (χ3v) is 4.49. The number of nitrogens with zero attached hydrogens (tertiary/aromatic N) is 3. The molecule has 1 N–H and O–H groups in total. The van der Waals surface area contributed by atoms with Gasteiger partial charge in [0.05, 0.1) is 0 Å². The summed E-state index contributed by atoms with van der Waals surface area (Å²) in [7, 11) is 0. The van der Waals surface area contributed by atoms with Gasteiger partial charge in [-0.25, -0.2) is 4.98 Å². The van der Waals surface area contributed by atoms with Gasteiger partial charge in [-0.15, -0.1) is 0 Å². The van der Waals surface area contributed by atoms with Crippen LogP contribution in [0, 0.1) is 12.8 Å². The van der Waals surface area contributed by atoms with Crippen molar-refractivity contribution in [3.05, 3.63) is 41.0 Å². The van der Waals surface area contributed by atoms with Crippen molar-refractivity contribution in [1.29, 1.82) is 0 Å². The Morgan fingerprint density at radius 1 is 1.35 bits per heavy atom. The molecule has 0 radical (unpaired) electrons. The molecule has 1 unspecified atom stereocenters. The Kier molecular flexibility index (Phi) is 5.93. The highest BCUT2D eigenvalue weighted by molar-refractivity contribution is 6.30. The van der Waals surface area contributed by atoms with Crippen LogP contribution in [0.15, 0.2) is 30.3 Å². The summed E-state index contributed by atoms with van der Waals surface area (Å²) < 4.78 is 5.59. The maximum absolute atomic E-state index is 12.1. The Bertz CT molecular complexity index is 767. The quantitative estimate of drug-likeness (QED) is 0.864. The van der Waals surface area contributed by atoms with E-state index in [1.165, 1.54) is 6.42 Å². The van der Waals surface area contributed by atoms with Gasteiger partial charge in [-0.3, -0.25) is 4.79 Å². The topological polar surface area (TPSA) is 67.3 Å². The molecule has 1 saturated heterocycles. The second kappa shape index (κ2) is 8.36. The van der Waals surface area contributed by atoms with Gasteiger partial charge in [-0.05, 0) is 49.9 Å². The summed E-state index contributed by atoms with van der Waals surface area (Å²) in [6.45, 7) is 5.92. The smallest absolute Gasteiger partial charge is 0.262 e. The van der Waals surface area contributed by atoms with E-state index >= 15 is 0 Å². The lowest BCUT2D eigenvalue weighted by Gasteiger charge is -2.31. The summed E-state index contributed by atoms with van der Waals surface area (Å²) in [4.78, 5) is 23.2. The largest absolute Gasteiger partial charge is 0.467 e. The molecule has 1 fully saturated rings. The van der Waals surface area contributed by atoms with Crippen molar-refractivity contribution in [1.82, 2.24) is 9.97 Å². The fourth-order valence-electron chi connectivity index (χ4n) is 2.98. The van der Waals surface area contributed by atoms with E-state index in [9.17, 15) is 4.79 Å². The maximum Gasteiger partial charge on any atom is 0.262 e. The molecule has 2 heterocycles. The zero-order valence-corrected chi connectivity index (χ0v) is 15.8. The van der Waals surface area contributed by atoms with Crippen LogP contribution < -0.4 is 15.0 Å². The van der Waals surface area contributed by atoms with E-state index in [0.29, 0.717) is 28.5 Å².